The van der Waals surface area contributed by atoms with Crippen LogP contribution < -0.4 is 15.9 Å². The molecule has 0 saturated heterocycles. The summed E-state index contributed by atoms with van der Waals surface area (Å²) in [5.74, 6) is -1.59. The third-order valence-corrected chi connectivity index (χ3v) is 8.06. The normalized spacial score (nSPS) is 12.2. The second-order valence-corrected chi connectivity index (χ2v) is 9.85. The zero-order chi connectivity index (χ0) is 21.0. The lowest BCUT2D eigenvalue weighted by Gasteiger charge is -2.26. The number of rotatable bonds is 6. The number of benzene rings is 3. The molecule has 148 valence electrons. The summed E-state index contributed by atoms with van der Waals surface area (Å²) in [6.45, 7) is 1.40. The molecule has 0 aliphatic carbocycles. The van der Waals surface area contributed by atoms with Crippen molar-refractivity contribution in [1.82, 2.24) is 4.90 Å². The van der Waals surface area contributed by atoms with Crippen LogP contribution >= 0.6 is 7.14 Å². The van der Waals surface area contributed by atoms with E-state index >= 15 is 0 Å². The van der Waals surface area contributed by atoms with E-state index in [1.165, 1.54) is 11.8 Å². The Bertz CT molecular complexity index is 1020. The van der Waals surface area contributed by atoms with Gasteiger partial charge in [0, 0.05) is 30.0 Å². The number of amides is 1. The molecule has 0 aliphatic heterocycles. The molecule has 3 aromatic rings. The van der Waals surface area contributed by atoms with E-state index in [0.717, 1.165) is 0 Å². The Morgan fingerprint density at radius 3 is 1.66 bits per heavy atom. The Balaban J connectivity index is 2.34. The van der Waals surface area contributed by atoms with Crippen LogP contribution in [0.5, 0.6) is 0 Å². The van der Waals surface area contributed by atoms with Crippen LogP contribution in [0.1, 0.15) is 18.4 Å². The van der Waals surface area contributed by atoms with E-state index < -0.39 is 13.1 Å². The Kier molecular flexibility index (Phi) is 6.14. The fraction of sp³-hybridized carbons (Fsp3) is 0.167. The van der Waals surface area contributed by atoms with Crippen LogP contribution in [0.4, 0.5) is 0 Å². The number of hydrogen-bond acceptors (Lipinski definition) is 3. The van der Waals surface area contributed by atoms with Crippen molar-refractivity contribution in [3.63, 3.8) is 0 Å². The van der Waals surface area contributed by atoms with E-state index in [9.17, 15) is 14.2 Å². The van der Waals surface area contributed by atoms with Gasteiger partial charge in [-0.2, -0.15) is 0 Å². The molecule has 5 heteroatoms. The molecule has 0 saturated carbocycles. The Morgan fingerprint density at radius 1 is 0.759 bits per heavy atom. The average molecular weight is 405 g/mol. The Labute approximate surface area is 171 Å². The molecule has 0 N–H and O–H groups in total. The predicted octanol–water partition coefficient (Wildman–Crippen LogP) is 3.09. The van der Waals surface area contributed by atoms with E-state index in [1.807, 2.05) is 60.7 Å². The molecule has 0 aliphatic rings. The van der Waals surface area contributed by atoms with Crippen molar-refractivity contribution in [2.45, 2.75) is 12.8 Å². The molecule has 1 atom stereocenters. The quantitative estimate of drug-likeness (QED) is 0.468. The molecule has 0 bridgehead atoms. The maximum absolute atomic E-state index is 14.7. The second kappa shape index (κ2) is 8.59. The van der Waals surface area contributed by atoms with Crippen LogP contribution in [0.15, 0.2) is 84.9 Å². The highest BCUT2D eigenvalue weighted by atomic mass is 31.2. The van der Waals surface area contributed by atoms with Gasteiger partial charge >= 0.3 is 0 Å². The van der Waals surface area contributed by atoms with Crippen LogP contribution in [0.25, 0.3) is 0 Å². The summed E-state index contributed by atoms with van der Waals surface area (Å²) < 4.78 is 14.7. The van der Waals surface area contributed by atoms with Crippen molar-refractivity contribution in [2.75, 3.05) is 14.1 Å². The highest BCUT2D eigenvalue weighted by molar-refractivity contribution is 7.85. The van der Waals surface area contributed by atoms with Crippen molar-refractivity contribution in [3.05, 3.63) is 90.5 Å². The van der Waals surface area contributed by atoms with E-state index in [1.54, 1.807) is 38.4 Å². The number of likely N-dealkylation sites (N-methyl/N-ethyl adjacent to an activating group) is 1. The van der Waals surface area contributed by atoms with Gasteiger partial charge in [0.2, 0.25) is 5.91 Å². The Morgan fingerprint density at radius 2 is 1.21 bits per heavy atom. The van der Waals surface area contributed by atoms with Gasteiger partial charge in [-0.05, 0) is 12.5 Å². The van der Waals surface area contributed by atoms with Crippen molar-refractivity contribution in [3.8, 4) is 0 Å². The highest BCUT2D eigenvalue weighted by Gasteiger charge is 2.37. The number of ketones is 1. The van der Waals surface area contributed by atoms with Gasteiger partial charge in [-0.25, -0.2) is 0 Å². The predicted molar refractivity (Wildman–Crippen MR) is 118 cm³/mol. The monoisotopic (exact) mass is 405 g/mol. The summed E-state index contributed by atoms with van der Waals surface area (Å²) in [7, 11) is -0.0607. The van der Waals surface area contributed by atoms with Crippen LogP contribution in [-0.4, -0.2) is 30.7 Å². The minimum atomic E-state index is -3.30. The van der Waals surface area contributed by atoms with Crippen molar-refractivity contribution >= 4 is 34.7 Å². The Hall–Kier alpha value is -2.97. The lowest BCUT2D eigenvalue weighted by Crippen LogP contribution is -2.36. The molecule has 0 spiro atoms. The molecule has 3 aromatic carbocycles. The van der Waals surface area contributed by atoms with Crippen LogP contribution in [0.3, 0.4) is 0 Å². The van der Waals surface area contributed by atoms with Gasteiger partial charge in [0.15, 0.2) is 7.14 Å². The first-order valence-electron chi connectivity index (χ1n) is 9.39. The zero-order valence-electron chi connectivity index (χ0n) is 16.8. The van der Waals surface area contributed by atoms with Crippen molar-refractivity contribution < 1.29 is 14.2 Å². The van der Waals surface area contributed by atoms with Crippen LogP contribution in [-0.2, 0) is 14.2 Å². The molecule has 0 aromatic heterocycles. The fourth-order valence-corrected chi connectivity index (χ4v) is 6.41. The second-order valence-electron chi connectivity index (χ2n) is 7.12. The highest BCUT2D eigenvalue weighted by Crippen LogP contribution is 2.44. The van der Waals surface area contributed by atoms with Gasteiger partial charge < -0.3 is 9.46 Å². The van der Waals surface area contributed by atoms with Gasteiger partial charge in [-0.1, -0.05) is 84.9 Å². The molecular weight excluding hydrogens is 381 g/mol. The lowest BCUT2D eigenvalue weighted by molar-refractivity contribution is -0.135. The average Bonchev–Trinajstić information content (AvgIpc) is 2.74. The topological polar surface area (TPSA) is 54.5 Å². The van der Waals surface area contributed by atoms with Gasteiger partial charge in [0.05, 0.1) is 0 Å². The summed E-state index contributed by atoms with van der Waals surface area (Å²) in [6, 6.07) is 25.6. The van der Waals surface area contributed by atoms with E-state index in [2.05, 4.69) is 0 Å². The van der Waals surface area contributed by atoms with Crippen molar-refractivity contribution in [1.29, 1.82) is 0 Å². The number of carbonyl (C=O) groups is 2. The van der Waals surface area contributed by atoms with Gasteiger partial charge in [-0.15, -0.1) is 0 Å². The standard InChI is InChI=1S/C24H24NO3P/c1-18(26)23(24(27)25(2)3)21-16-10-11-17-22(21)29(28,19-12-6-4-7-13-19)20-14-8-5-9-15-20/h4-17,23H,1-3H3. The van der Waals surface area contributed by atoms with Gasteiger partial charge in [0.25, 0.3) is 0 Å². The van der Waals surface area contributed by atoms with Crippen LogP contribution in [0.2, 0.25) is 0 Å². The van der Waals surface area contributed by atoms with E-state index in [4.69, 9.17) is 0 Å². The summed E-state index contributed by atoms with van der Waals surface area (Å²) in [5, 5.41) is 1.85. The SMILES string of the molecule is CC(=O)C(C(=O)N(C)C)c1ccccc1P(=O)(c1ccccc1)c1ccccc1. The summed E-state index contributed by atoms with van der Waals surface area (Å²) in [4.78, 5) is 26.8. The van der Waals surface area contributed by atoms with E-state index in [0.29, 0.717) is 21.5 Å². The molecule has 29 heavy (non-hydrogen) atoms. The molecule has 1 amide bonds. The third kappa shape index (κ3) is 3.94. The molecule has 1 unspecified atom stereocenters. The van der Waals surface area contributed by atoms with E-state index in [-0.39, 0.29) is 11.7 Å². The number of carbonyl (C=O) groups excluding carboxylic acids is 2. The maximum atomic E-state index is 14.7. The maximum Gasteiger partial charge on any atom is 0.237 e. The number of hydrogen-bond donors (Lipinski definition) is 0. The summed E-state index contributed by atoms with van der Waals surface area (Å²) in [6.07, 6.45) is 0. The first-order valence-corrected chi connectivity index (χ1v) is 11.1. The molecule has 4 nitrogen and oxygen atoms in total. The zero-order valence-corrected chi connectivity index (χ0v) is 17.7. The molecule has 0 radical (unpaired) electrons. The molecule has 3 rings (SSSR count). The molecule has 0 fully saturated rings. The van der Waals surface area contributed by atoms with Crippen LogP contribution in [0, 0.1) is 0 Å². The largest absolute Gasteiger partial charge is 0.348 e. The summed E-state index contributed by atoms with van der Waals surface area (Å²) in [5.41, 5.74) is 0.495. The minimum Gasteiger partial charge on any atom is -0.348 e. The number of nitrogens with zero attached hydrogens (tertiary/aromatic N) is 1. The first kappa shape index (κ1) is 20.8. The number of Topliss-reactive ketones (excluding diaryl/α,β-unsaturated/α-hetero) is 1. The molecule has 0 heterocycles. The molecular formula is C24H24NO3P. The fourth-order valence-electron chi connectivity index (χ4n) is 3.51. The summed E-state index contributed by atoms with van der Waals surface area (Å²) >= 11 is 0. The smallest absolute Gasteiger partial charge is 0.237 e. The minimum absolute atomic E-state index is 0.274. The van der Waals surface area contributed by atoms with Gasteiger partial charge in [0.1, 0.15) is 11.7 Å². The first-order chi connectivity index (χ1) is 13.9. The van der Waals surface area contributed by atoms with Gasteiger partial charge in [-0.3, -0.25) is 9.59 Å². The van der Waals surface area contributed by atoms with Crippen molar-refractivity contribution in [2.24, 2.45) is 0 Å². The lowest BCUT2D eigenvalue weighted by atomic mass is 9.94. The third-order valence-electron chi connectivity index (χ3n) is 4.92.